The van der Waals surface area contributed by atoms with Crippen molar-refractivity contribution in [3.05, 3.63) is 83.1 Å². The molecule has 1 heterocycles. The molecule has 158 valence electrons. The van der Waals surface area contributed by atoms with Crippen LogP contribution in [0, 0.1) is 25.2 Å². The molecule has 0 spiro atoms. The number of fused-ring (bicyclic) bond motifs is 1. The Morgan fingerprint density at radius 1 is 1.16 bits per heavy atom. The number of benzene rings is 2. The van der Waals surface area contributed by atoms with Gasteiger partial charge in [0.2, 0.25) is 5.69 Å². The number of rotatable bonds is 3. The number of nitrogens with zero attached hydrogens (tertiary/aromatic N) is 3. The Morgan fingerprint density at radius 3 is 2.45 bits per heavy atom. The molecule has 0 radical (unpaired) electrons. The molecule has 0 fully saturated rings. The van der Waals surface area contributed by atoms with Crippen molar-refractivity contribution in [1.82, 2.24) is 14.8 Å². The van der Waals surface area contributed by atoms with Crippen LogP contribution in [0.15, 0.2) is 27.8 Å². The van der Waals surface area contributed by atoms with Gasteiger partial charge in [-0.3, -0.25) is 9.78 Å². The highest BCUT2D eigenvalue weighted by Gasteiger charge is 2.21. The lowest BCUT2D eigenvalue weighted by Crippen LogP contribution is -2.33. The number of aromatic amines is 1. The lowest BCUT2D eigenvalue weighted by Gasteiger charge is -2.23. The van der Waals surface area contributed by atoms with Crippen molar-refractivity contribution in [2.75, 3.05) is 0 Å². The van der Waals surface area contributed by atoms with Gasteiger partial charge in [0.15, 0.2) is 0 Å². The Morgan fingerprint density at radius 2 is 1.81 bits per heavy atom. The Kier molecular flexibility index (Phi) is 5.42. The zero-order chi connectivity index (χ0) is 22.3. The van der Waals surface area contributed by atoms with E-state index in [0.29, 0.717) is 17.1 Å². The monoisotopic (exact) mass is 436 g/mol. The number of aromatic hydroxyl groups is 1. The predicted octanol–water partition coefficient (Wildman–Crippen LogP) is 3.24. The van der Waals surface area contributed by atoms with Crippen LogP contribution in [0.3, 0.4) is 0 Å². The minimum atomic E-state index is -0.803. The van der Waals surface area contributed by atoms with Crippen LogP contribution in [0.25, 0.3) is 5.69 Å². The first-order valence-electron chi connectivity index (χ1n) is 10.1. The molecule has 31 heavy (non-hydrogen) atoms. The highest BCUT2D eigenvalue weighted by Crippen LogP contribution is 2.38. The molecule has 0 atom stereocenters. The number of halogens is 1. The molecule has 2 N–H and O–H groups in total. The molecule has 1 aromatic heterocycles. The quantitative estimate of drug-likeness (QED) is 0.654. The number of phenols is 1. The maximum absolute atomic E-state index is 12.2. The third-order valence-electron chi connectivity index (χ3n) is 5.89. The molecule has 0 aliphatic heterocycles. The largest absolute Gasteiger partial charge is 0.506 e. The van der Waals surface area contributed by atoms with Crippen LogP contribution in [-0.2, 0) is 19.3 Å². The first kappa shape index (κ1) is 20.9. The molecule has 7 nitrogen and oxygen atoms in total. The topological polar surface area (TPSA) is 112 Å². The van der Waals surface area contributed by atoms with Crippen LogP contribution >= 0.6 is 11.6 Å². The van der Waals surface area contributed by atoms with Crippen molar-refractivity contribution in [3.63, 3.8) is 0 Å². The molecular formula is C23H21ClN4O3. The fourth-order valence-electron chi connectivity index (χ4n) is 4.34. The van der Waals surface area contributed by atoms with Crippen molar-refractivity contribution >= 4 is 11.6 Å². The number of aromatic nitrogens is 3. The average Bonchev–Trinajstić information content (AvgIpc) is 2.74. The van der Waals surface area contributed by atoms with Gasteiger partial charge in [0.05, 0.1) is 10.7 Å². The lowest BCUT2D eigenvalue weighted by atomic mass is 9.84. The Bertz CT molecular complexity index is 1340. The summed E-state index contributed by atoms with van der Waals surface area (Å²) in [5.41, 5.74) is 4.81. The van der Waals surface area contributed by atoms with Gasteiger partial charge in [0.25, 0.3) is 5.56 Å². The fourth-order valence-corrected chi connectivity index (χ4v) is 4.59. The summed E-state index contributed by atoms with van der Waals surface area (Å²) in [5.74, 6) is 0.195. The van der Waals surface area contributed by atoms with Crippen LogP contribution in [0.4, 0.5) is 0 Å². The van der Waals surface area contributed by atoms with E-state index >= 15 is 0 Å². The van der Waals surface area contributed by atoms with E-state index in [0.717, 1.165) is 58.2 Å². The summed E-state index contributed by atoms with van der Waals surface area (Å²) in [6.07, 6.45) is 4.52. The second-order valence-electron chi connectivity index (χ2n) is 7.90. The summed E-state index contributed by atoms with van der Waals surface area (Å²) >= 11 is 6.31. The number of hydrogen-bond donors (Lipinski definition) is 2. The van der Waals surface area contributed by atoms with Crippen LogP contribution in [0.1, 0.15) is 51.9 Å². The van der Waals surface area contributed by atoms with Gasteiger partial charge in [-0.05, 0) is 97.5 Å². The summed E-state index contributed by atoms with van der Waals surface area (Å²) in [6.45, 7) is 3.89. The second-order valence-corrected chi connectivity index (χ2v) is 8.30. The number of phenolic OH excluding ortho intramolecular Hbond substituents is 1. The van der Waals surface area contributed by atoms with Crippen LogP contribution in [0.5, 0.6) is 5.75 Å². The van der Waals surface area contributed by atoms with E-state index in [1.165, 1.54) is 5.56 Å². The van der Waals surface area contributed by atoms with Gasteiger partial charge < -0.3 is 5.11 Å². The van der Waals surface area contributed by atoms with Crippen molar-refractivity contribution in [2.24, 2.45) is 0 Å². The molecule has 8 heteroatoms. The fraction of sp³-hybridized carbons (Fsp3) is 0.304. The van der Waals surface area contributed by atoms with E-state index < -0.39 is 11.2 Å². The summed E-state index contributed by atoms with van der Waals surface area (Å²) in [5, 5.41) is 23.7. The molecule has 0 amide bonds. The molecule has 0 bridgehead atoms. The average molecular weight is 437 g/mol. The Hall–Kier alpha value is -3.37. The highest BCUT2D eigenvalue weighted by molar-refractivity contribution is 6.32. The third kappa shape index (κ3) is 3.75. The van der Waals surface area contributed by atoms with E-state index in [1.54, 1.807) is 6.07 Å². The number of aryl methyl sites for hydroxylation is 2. The molecule has 0 saturated heterocycles. The van der Waals surface area contributed by atoms with Crippen molar-refractivity contribution in [3.8, 4) is 17.5 Å². The van der Waals surface area contributed by atoms with Crippen LogP contribution < -0.4 is 11.2 Å². The summed E-state index contributed by atoms with van der Waals surface area (Å²) in [4.78, 5) is 26.0. The molecule has 1 aliphatic carbocycles. The smallest absolute Gasteiger partial charge is 0.349 e. The number of hydrogen-bond acceptors (Lipinski definition) is 5. The SMILES string of the molecule is Cc1cc(-n2nc(C#N)c(=O)[nH]c2=O)cc(C)c1Cc1cc(Cl)c(O)c2c1CCCC2. The molecule has 4 rings (SSSR count). The van der Waals surface area contributed by atoms with Gasteiger partial charge in [0, 0.05) is 0 Å². The number of nitrogens with one attached hydrogen (secondary N) is 1. The molecular weight excluding hydrogens is 416 g/mol. The maximum Gasteiger partial charge on any atom is 0.349 e. The van der Waals surface area contributed by atoms with Gasteiger partial charge in [-0.25, -0.2) is 4.79 Å². The first-order valence-corrected chi connectivity index (χ1v) is 10.4. The minimum absolute atomic E-state index is 0.195. The van der Waals surface area contributed by atoms with Crippen molar-refractivity contribution in [2.45, 2.75) is 46.0 Å². The van der Waals surface area contributed by atoms with Gasteiger partial charge in [0.1, 0.15) is 11.8 Å². The summed E-state index contributed by atoms with van der Waals surface area (Å²) in [6, 6.07) is 7.17. The minimum Gasteiger partial charge on any atom is -0.506 e. The third-order valence-corrected chi connectivity index (χ3v) is 6.18. The van der Waals surface area contributed by atoms with E-state index in [1.807, 2.05) is 32.0 Å². The molecule has 0 saturated carbocycles. The van der Waals surface area contributed by atoms with Gasteiger partial charge in [-0.15, -0.1) is 5.10 Å². The maximum atomic E-state index is 12.2. The van der Waals surface area contributed by atoms with Crippen LogP contribution in [-0.4, -0.2) is 19.9 Å². The van der Waals surface area contributed by atoms with Gasteiger partial charge >= 0.3 is 5.69 Å². The standard InChI is InChI=1S/C23H21ClN4O3/c1-12-7-15(28-23(31)26-22(30)20(11-25)27-28)8-13(2)18(12)9-14-10-19(24)21(29)17-6-4-3-5-16(14)17/h7-8,10,29H,3-6,9H2,1-2H3,(H,26,30,31). The van der Waals surface area contributed by atoms with Crippen molar-refractivity contribution in [1.29, 1.82) is 5.26 Å². The van der Waals surface area contributed by atoms with Gasteiger partial charge in [-0.2, -0.15) is 9.94 Å². The first-order chi connectivity index (χ1) is 14.8. The zero-order valence-electron chi connectivity index (χ0n) is 17.3. The number of H-pyrrole nitrogens is 1. The summed E-state index contributed by atoms with van der Waals surface area (Å²) < 4.78 is 1.03. The Labute approximate surface area is 183 Å². The second kappa shape index (κ2) is 8.05. The van der Waals surface area contributed by atoms with Crippen LogP contribution in [0.2, 0.25) is 5.02 Å². The van der Waals surface area contributed by atoms with Gasteiger partial charge in [-0.1, -0.05) is 11.6 Å². The van der Waals surface area contributed by atoms with E-state index in [9.17, 15) is 14.7 Å². The molecule has 3 aromatic rings. The highest BCUT2D eigenvalue weighted by atomic mass is 35.5. The normalized spacial score (nSPS) is 13.0. The number of nitriles is 1. The summed E-state index contributed by atoms with van der Waals surface area (Å²) in [7, 11) is 0. The zero-order valence-corrected chi connectivity index (χ0v) is 18.0. The van der Waals surface area contributed by atoms with E-state index in [-0.39, 0.29) is 11.4 Å². The Balaban J connectivity index is 1.79. The lowest BCUT2D eigenvalue weighted by molar-refractivity contribution is 0.461. The predicted molar refractivity (Wildman–Crippen MR) is 117 cm³/mol. The molecule has 0 unspecified atom stereocenters. The molecule has 1 aliphatic rings. The van der Waals surface area contributed by atoms with E-state index in [2.05, 4.69) is 10.1 Å². The molecule has 2 aromatic carbocycles. The van der Waals surface area contributed by atoms with E-state index in [4.69, 9.17) is 16.9 Å². The van der Waals surface area contributed by atoms with Crippen molar-refractivity contribution < 1.29 is 5.11 Å².